The molecule has 0 unspecified atom stereocenters. The van der Waals surface area contributed by atoms with Crippen molar-refractivity contribution < 1.29 is 9.59 Å². The lowest BCUT2D eigenvalue weighted by molar-refractivity contribution is -0.141. The van der Waals surface area contributed by atoms with E-state index in [0.29, 0.717) is 27.1 Å². The fourth-order valence-electron chi connectivity index (χ4n) is 3.10. The molecule has 162 valence electrons. The smallest absolute Gasteiger partial charge is 0.243 e. The van der Waals surface area contributed by atoms with Gasteiger partial charge >= 0.3 is 0 Å². The summed E-state index contributed by atoms with van der Waals surface area (Å²) in [5, 5.41) is 4.48. The molecule has 0 aromatic heterocycles. The molecule has 0 saturated heterocycles. The summed E-state index contributed by atoms with van der Waals surface area (Å²) in [6.45, 7) is 6.03. The van der Waals surface area contributed by atoms with Crippen LogP contribution in [0, 0.1) is 0 Å². The van der Waals surface area contributed by atoms with Gasteiger partial charge < -0.3 is 10.2 Å². The lowest BCUT2D eigenvalue weighted by atomic mass is 10.1. The van der Waals surface area contributed by atoms with Gasteiger partial charge in [-0.3, -0.25) is 9.59 Å². The van der Waals surface area contributed by atoms with E-state index in [2.05, 4.69) is 5.32 Å². The molecule has 0 radical (unpaired) electrons. The lowest BCUT2D eigenvalue weighted by Crippen LogP contribution is -2.51. The summed E-state index contributed by atoms with van der Waals surface area (Å²) in [5.41, 5.74) is 1.44. The molecule has 0 bridgehead atoms. The molecule has 2 atom stereocenters. The molecule has 0 saturated carbocycles. The predicted molar refractivity (Wildman–Crippen MR) is 124 cm³/mol. The number of nitrogens with zero attached hydrogens (tertiary/aromatic N) is 1. The molecule has 0 aliphatic carbocycles. The van der Waals surface area contributed by atoms with Crippen molar-refractivity contribution >= 4 is 46.6 Å². The average molecular weight is 470 g/mol. The summed E-state index contributed by atoms with van der Waals surface area (Å²) < 4.78 is 0. The SMILES string of the molecule is CC[C@@H](C)NC(=O)[C@H](CC)N(Cc1ccc(Cl)cc1Cl)C(=O)Cc1ccccc1Cl. The average Bonchev–Trinajstić information content (AvgIpc) is 2.70. The highest BCUT2D eigenvalue weighted by Crippen LogP contribution is 2.25. The van der Waals surface area contributed by atoms with E-state index in [1.165, 1.54) is 0 Å². The lowest BCUT2D eigenvalue weighted by Gasteiger charge is -2.32. The van der Waals surface area contributed by atoms with Crippen LogP contribution in [0.5, 0.6) is 0 Å². The van der Waals surface area contributed by atoms with Crippen LogP contribution in [0.15, 0.2) is 42.5 Å². The Kier molecular flexibility index (Phi) is 9.47. The zero-order valence-corrected chi connectivity index (χ0v) is 19.7. The maximum absolute atomic E-state index is 13.3. The van der Waals surface area contributed by atoms with E-state index in [1.807, 2.05) is 39.0 Å². The number of hydrogen-bond donors (Lipinski definition) is 1. The molecular formula is C23H27Cl3N2O2. The Bertz CT molecular complexity index is 889. The molecular weight excluding hydrogens is 443 g/mol. The number of nitrogens with one attached hydrogen (secondary N) is 1. The van der Waals surface area contributed by atoms with Crippen LogP contribution in [0.3, 0.4) is 0 Å². The van der Waals surface area contributed by atoms with Crippen molar-refractivity contribution in [3.8, 4) is 0 Å². The molecule has 1 N–H and O–H groups in total. The third-order valence-electron chi connectivity index (χ3n) is 5.04. The molecule has 0 fully saturated rings. The van der Waals surface area contributed by atoms with Crippen LogP contribution in [0.1, 0.15) is 44.7 Å². The van der Waals surface area contributed by atoms with Gasteiger partial charge in [-0.25, -0.2) is 0 Å². The molecule has 30 heavy (non-hydrogen) atoms. The van der Waals surface area contributed by atoms with Gasteiger partial charge in [0, 0.05) is 27.7 Å². The van der Waals surface area contributed by atoms with Crippen LogP contribution in [-0.2, 0) is 22.6 Å². The van der Waals surface area contributed by atoms with Gasteiger partial charge in [0.15, 0.2) is 0 Å². The van der Waals surface area contributed by atoms with E-state index < -0.39 is 6.04 Å². The van der Waals surface area contributed by atoms with E-state index in [9.17, 15) is 9.59 Å². The molecule has 4 nitrogen and oxygen atoms in total. The fourth-order valence-corrected chi connectivity index (χ4v) is 3.77. The highest BCUT2D eigenvalue weighted by atomic mass is 35.5. The summed E-state index contributed by atoms with van der Waals surface area (Å²) >= 11 is 18.6. The van der Waals surface area contributed by atoms with Crippen molar-refractivity contribution in [2.75, 3.05) is 0 Å². The van der Waals surface area contributed by atoms with Gasteiger partial charge in [-0.05, 0) is 49.1 Å². The van der Waals surface area contributed by atoms with E-state index in [0.717, 1.165) is 12.0 Å². The Labute approximate surface area is 193 Å². The molecule has 2 aromatic rings. The molecule has 2 rings (SSSR count). The van der Waals surface area contributed by atoms with Crippen molar-refractivity contribution in [3.05, 3.63) is 68.7 Å². The van der Waals surface area contributed by atoms with Gasteiger partial charge in [-0.1, -0.05) is 72.9 Å². The van der Waals surface area contributed by atoms with Gasteiger partial charge in [0.25, 0.3) is 0 Å². The van der Waals surface area contributed by atoms with Gasteiger partial charge in [0.1, 0.15) is 6.04 Å². The van der Waals surface area contributed by atoms with Gasteiger partial charge in [-0.15, -0.1) is 0 Å². The van der Waals surface area contributed by atoms with E-state index in [1.54, 1.807) is 29.2 Å². The first-order valence-corrected chi connectivity index (χ1v) is 11.2. The maximum Gasteiger partial charge on any atom is 0.243 e. The summed E-state index contributed by atoms with van der Waals surface area (Å²) in [6.07, 6.45) is 1.37. The minimum atomic E-state index is -0.624. The molecule has 0 spiro atoms. The Balaban J connectivity index is 2.35. The summed E-state index contributed by atoms with van der Waals surface area (Å²) in [6, 6.07) is 11.7. The number of rotatable bonds is 9. The van der Waals surface area contributed by atoms with Crippen molar-refractivity contribution in [2.24, 2.45) is 0 Å². The largest absolute Gasteiger partial charge is 0.352 e. The standard InChI is InChI=1S/C23H27Cl3N2O2/c1-4-15(3)27-23(30)21(5-2)28(14-17-10-11-18(24)13-20(17)26)22(29)12-16-8-6-7-9-19(16)25/h6-11,13,15,21H,4-5,12,14H2,1-3H3,(H,27,30)/t15-,21+/m1/s1. The second kappa shape index (κ2) is 11.6. The minimum absolute atomic E-state index is 0.0196. The molecule has 0 aliphatic heterocycles. The van der Waals surface area contributed by atoms with Crippen LogP contribution in [0.2, 0.25) is 15.1 Å². The highest BCUT2D eigenvalue weighted by molar-refractivity contribution is 6.35. The Hall–Kier alpha value is -1.75. The summed E-state index contributed by atoms with van der Waals surface area (Å²) in [7, 11) is 0. The number of carbonyl (C=O) groups excluding carboxylic acids is 2. The number of hydrogen-bond acceptors (Lipinski definition) is 2. The van der Waals surface area contributed by atoms with E-state index in [-0.39, 0.29) is 30.8 Å². The van der Waals surface area contributed by atoms with Crippen LogP contribution < -0.4 is 5.32 Å². The normalized spacial score (nSPS) is 12.9. The number of halogens is 3. The van der Waals surface area contributed by atoms with Gasteiger partial charge in [-0.2, -0.15) is 0 Å². The van der Waals surface area contributed by atoms with Crippen LogP contribution in [0.4, 0.5) is 0 Å². The Morgan fingerprint density at radius 3 is 2.27 bits per heavy atom. The predicted octanol–water partition coefficient (Wildman–Crippen LogP) is 5.91. The quantitative estimate of drug-likeness (QED) is 0.496. The molecule has 0 aliphatic rings. The van der Waals surface area contributed by atoms with Gasteiger partial charge in [0.2, 0.25) is 11.8 Å². The summed E-state index contributed by atoms with van der Waals surface area (Å²) in [4.78, 5) is 27.9. The van der Waals surface area contributed by atoms with Crippen LogP contribution in [-0.4, -0.2) is 28.8 Å². The Morgan fingerprint density at radius 1 is 0.967 bits per heavy atom. The number of carbonyl (C=O) groups is 2. The van der Waals surface area contributed by atoms with E-state index in [4.69, 9.17) is 34.8 Å². The van der Waals surface area contributed by atoms with Crippen molar-refractivity contribution in [1.82, 2.24) is 10.2 Å². The molecule has 2 aromatic carbocycles. The van der Waals surface area contributed by atoms with Crippen molar-refractivity contribution in [3.63, 3.8) is 0 Å². The second-order valence-corrected chi connectivity index (χ2v) is 8.52. The van der Waals surface area contributed by atoms with Crippen LogP contribution >= 0.6 is 34.8 Å². The zero-order valence-electron chi connectivity index (χ0n) is 17.4. The van der Waals surface area contributed by atoms with Gasteiger partial charge in [0.05, 0.1) is 6.42 Å². The fraction of sp³-hybridized carbons (Fsp3) is 0.391. The monoisotopic (exact) mass is 468 g/mol. The van der Waals surface area contributed by atoms with Crippen molar-refractivity contribution in [1.29, 1.82) is 0 Å². The first-order valence-electron chi connectivity index (χ1n) is 10.0. The molecule has 0 heterocycles. The minimum Gasteiger partial charge on any atom is -0.352 e. The molecule has 7 heteroatoms. The maximum atomic E-state index is 13.3. The first kappa shape index (κ1) is 24.5. The van der Waals surface area contributed by atoms with E-state index >= 15 is 0 Å². The topological polar surface area (TPSA) is 49.4 Å². The third kappa shape index (κ3) is 6.63. The first-order chi connectivity index (χ1) is 14.3. The third-order valence-corrected chi connectivity index (χ3v) is 6.00. The van der Waals surface area contributed by atoms with Crippen LogP contribution in [0.25, 0.3) is 0 Å². The number of amides is 2. The second-order valence-electron chi connectivity index (χ2n) is 7.27. The zero-order chi connectivity index (χ0) is 22.3. The number of benzene rings is 2. The summed E-state index contributed by atoms with van der Waals surface area (Å²) in [5.74, 6) is -0.371. The Morgan fingerprint density at radius 2 is 1.67 bits per heavy atom. The highest BCUT2D eigenvalue weighted by Gasteiger charge is 2.30. The molecule has 2 amide bonds. The van der Waals surface area contributed by atoms with Crippen molar-refractivity contribution in [2.45, 2.75) is 58.7 Å².